The van der Waals surface area contributed by atoms with Crippen molar-refractivity contribution in [3.63, 3.8) is 0 Å². The molecular formula is C15H16ClN3O8. The predicted molar refractivity (Wildman–Crippen MR) is 91.8 cm³/mol. The Hall–Kier alpha value is -3.18. The lowest BCUT2D eigenvalue weighted by molar-refractivity contribution is -0.142. The van der Waals surface area contributed by atoms with Crippen LogP contribution >= 0.6 is 11.6 Å². The molecule has 0 heterocycles. The summed E-state index contributed by atoms with van der Waals surface area (Å²) < 4.78 is 0. The Morgan fingerprint density at radius 1 is 0.926 bits per heavy atom. The van der Waals surface area contributed by atoms with Crippen LogP contribution in [0.25, 0.3) is 0 Å². The molecular weight excluding hydrogens is 386 g/mol. The van der Waals surface area contributed by atoms with Crippen LogP contribution in [0, 0.1) is 0 Å². The second kappa shape index (κ2) is 10.1. The van der Waals surface area contributed by atoms with Crippen LogP contribution in [0.3, 0.4) is 0 Å². The fourth-order valence-corrected chi connectivity index (χ4v) is 2.25. The minimum atomic E-state index is -1.29. The molecule has 0 unspecified atom stereocenters. The molecule has 0 radical (unpaired) electrons. The van der Waals surface area contributed by atoms with Crippen LogP contribution in [0.2, 0.25) is 5.02 Å². The van der Waals surface area contributed by atoms with Gasteiger partial charge >= 0.3 is 17.9 Å². The molecule has 2 amide bonds. The van der Waals surface area contributed by atoms with Gasteiger partial charge in [0.25, 0.3) is 5.91 Å². The van der Waals surface area contributed by atoms with Crippen molar-refractivity contribution in [2.24, 2.45) is 0 Å². The second-order valence-corrected chi connectivity index (χ2v) is 5.66. The lowest BCUT2D eigenvalue weighted by Gasteiger charge is -2.17. The van der Waals surface area contributed by atoms with Crippen molar-refractivity contribution in [2.75, 3.05) is 31.5 Å². The molecule has 27 heavy (non-hydrogen) atoms. The molecule has 5 N–H and O–H groups in total. The maximum Gasteiger partial charge on any atom is 0.322 e. The number of amides is 2. The Kier molecular flexibility index (Phi) is 8.17. The van der Waals surface area contributed by atoms with Crippen molar-refractivity contribution in [2.45, 2.75) is 0 Å². The second-order valence-electron chi connectivity index (χ2n) is 5.25. The monoisotopic (exact) mass is 401 g/mol. The van der Waals surface area contributed by atoms with Crippen molar-refractivity contribution in [3.05, 3.63) is 28.8 Å². The average molecular weight is 402 g/mol. The predicted octanol–water partition coefficient (Wildman–Crippen LogP) is -0.436. The molecule has 0 saturated heterocycles. The summed E-state index contributed by atoms with van der Waals surface area (Å²) in [4.78, 5) is 56.5. The zero-order valence-corrected chi connectivity index (χ0v) is 14.5. The third-order valence-electron chi connectivity index (χ3n) is 2.98. The summed E-state index contributed by atoms with van der Waals surface area (Å²) in [7, 11) is 0. The van der Waals surface area contributed by atoms with E-state index in [4.69, 9.17) is 26.9 Å². The van der Waals surface area contributed by atoms with Crippen LogP contribution in [0.15, 0.2) is 18.2 Å². The Morgan fingerprint density at radius 3 is 2.00 bits per heavy atom. The third kappa shape index (κ3) is 8.16. The molecule has 0 fully saturated rings. The Bertz CT molecular complexity index is 751. The number of halogens is 1. The largest absolute Gasteiger partial charge is 0.480 e. The molecule has 0 atom stereocenters. The minimum Gasteiger partial charge on any atom is -0.480 e. The standard InChI is InChI=1S/C15H16ClN3O8/c16-10-3-8(1-2-9(10)15(27)17-4-12(21)22)18-11(20)5-19(6-13(23)24)7-14(25)26/h1-3H,4-7H2,(H,17,27)(H,18,20)(H,21,22)(H,23,24)(H,25,26). The van der Waals surface area contributed by atoms with Gasteiger partial charge in [-0.1, -0.05) is 11.6 Å². The molecule has 0 aliphatic rings. The summed E-state index contributed by atoms with van der Waals surface area (Å²) in [6.07, 6.45) is 0. The quantitative estimate of drug-likeness (QED) is 0.348. The van der Waals surface area contributed by atoms with E-state index < -0.39 is 55.9 Å². The SMILES string of the molecule is O=C(O)CNC(=O)c1ccc(NC(=O)CN(CC(=O)O)CC(=O)O)cc1Cl. The number of hydrogen-bond donors (Lipinski definition) is 5. The fourth-order valence-electron chi connectivity index (χ4n) is 1.98. The molecule has 146 valence electrons. The number of nitrogens with zero attached hydrogens (tertiary/aromatic N) is 1. The van der Waals surface area contributed by atoms with Gasteiger partial charge in [0.1, 0.15) is 6.54 Å². The number of carbonyl (C=O) groups is 5. The maximum atomic E-state index is 12.0. The van der Waals surface area contributed by atoms with E-state index in [9.17, 15) is 24.0 Å². The Labute approximate surface area is 157 Å². The normalized spacial score (nSPS) is 10.3. The van der Waals surface area contributed by atoms with E-state index in [-0.39, 0.29) is 16.3 Å². The maximum absolute atomic E-state index is 12.0. The molecule has 1 rings (SSSR count). The summed E-state index contributed by atoms with van der Waals surface area (Å²) >= 11 is 5.94. The Balaban J connectivity index is 2.74. The summed E-state index contributed by atoms with van der Waals surface area (Å²) in [6, 6.07) is 3.84. The van der Waals surface area contributed by atoms with Crippen molar-refractivity contribution in [1.29, 1.82) is 0 Å². The fraction of sp³-hybridized carbons (Fsp3) is 0.267. The number of carboxylic acid groups (broad SMARTS) is 3. The molecule has 0 aromatic heterocycles. The van der Waals surface area contributed by atoms with E-state index in [1.165, 1.54) is 18.2 Å². The van der Waals surface area contributed by atoms with Gasteiger partial charge in [-0.2, -0.15) is 0 Å². The average Bonchev–Trinajstić information content (AvgIpc) is 2.51. The first kappa shape index (κ1) is 21.9. The molecule has 0 aliphatic heterocycles. The van der Waals surface area contributed by atoms with E-state index in [2.05, 4.69) is 10.6 Å². The van der Waals surface area contributed by atoms with E-state index >= 15 is 0 Å². The lowest BCUT2D eigenvalue weighted by Crippen LogP contribution is -2.40. The van der Waals surface area contributed by atoms with E-state index in [0.29, 0.717) is 0 Å². The van der Waals surface area contributed by atoms with Crippen LogP contribution in [-0.4, -0.2) is 76.1 Å². The number of anilines is 1. The number of rotatable bonds is 10. The van der Waals surface area contributed by atoms with E-state index in [1.54, 1.807) is 0 Å². The lowest BCUT2D eigenvalue weighted by atomic mass is 10.2. The number of benzene rings is 1. The van der Waals surface area contributed by atoms with Crippen molar-refractivity contribution >= 4 is 47.0 Å². The molecule has 1 aromatic rings. The van der Waals surface area contributed by atoms with E-state index in [0.717, 1.165) is 4.90 Å². The van der Waals surface area contributed by atoms with Crippen LogP contribution in [0.1, 0.15) is 10.4 Å². The minimum absolute atomic E-state index is 0.00528. The van der Waals surface area contributed by atoms with Crippen molar-refractivity contribution in [3.8, 4) is 0 Å². The summed E-state index contributed by atoms with van der Waals surface area (Å²) in [5, 5.41) is 30.5. The van der Waals surface area contributed by atoms with Crippen LogP contribution < -0.4 is 10.6 Å². The first-order chi connectivity index (χ1) is 12.6. The first-order valence-electron chi connectivity index (χ1n) is 7.33. The third-order valence-corrected chi connectivity index (χ3v) is 3.30. The van der Waals surface area contributed by atoms with Crippen LogP contribution in [0.5, 0.6) is 0 Å². The molecule has 12 heteroatoms. The first-order valence-corrected chi connectivity index (χ1v) is 7.71. The van der Waals surface area contributed by atoms with Gasteiger partial charge in [0.05, 0.1) is 30.2 Å². The highest BCUT2D eigenvalue weighted by atomic mass is 35.5. The molecule has 11 nitrogen and oxygen atoms in total. The molecule has 0 aliphatic carbocycles. The van der Waals surface area contributed by atoms with Gasteiger partial charge < -0.3 is 26.0 Å². The molecule has 0 saturated carbocycles. The van der Waals surface area contributed by atoms with Crippen molar-refractivity contribution < 1.29 is 39.3 Å². The van der Waals surface area contributed by atoms with Gasteiger partial charge in [-0.15, -0.1) is 0 Å². The van der Waals surface area contributed by atoms with Gasteiger partial charge in [0.2, 0.25) is 5.91 Å². The smallest absolute Gasteiger partial charge is 0.322 e. The molecule has 1 aromatic carbocycles. The zero-order valence-electron chi connectivity index (χ0n) is 13.8. The highest BCUT2D eigenvalue weighted by Crippen LogP contribution is 2.21. The van der Waals surface area contributed by atoms with Gasteiger partial charge in [-0.25, -0.2) is 0 Å². The number of aliphatic carboxylic acids is 3. The number of carbonyl (C=O) groups excluding carboxylic acids is 2. The summed E-state index contributed by atoms with van der Waals surface area (Å²) in [5.74, 6) is -5.20. The van der Waals surface area contributed by atoms with Gasteiger partial charge in [0.15, 0.2) is 0 Å². The number of nitrogens with one attached hydrogen (secondary N) is 2. The zero-order chi connectivity index (χ0) is 20.6. The summed E-state index contributed by atoms with van der Waals surface area (Å²) in [5.41, 5.74) is 0.180. The molecule has 0 spiro atoms. The van der Waals surface area contributed by atoms with Crippen LogP contribution in [-0.2, 0) is 19.2 Å². The van der Waals surface area contributed by atoms with Gasteiger partial charge in [-0.05, 0) is 18.2 Å². The van der Waals surface area contributed by atoms with Gasteiger partial charge in [0, 0.05) is 5.69 Å². The topological polar surface area (TPSA) is 173 Å². The van der Waals surface area contributed by atoms with Gasteiger partial charge in [-0.3, -0.25) is 28.9 Å². The summed E-state index contributed by atoms with van der Waals surface area (Å²) in [6.45, 7) is -2.35. The number of carboxylic acids is 3. The van der Waals surface area contributed by atoms with Crippen molar-refractivity contribution in [1.82, 2.24) is 10.2 Å². The van der Waals surface area contributed by atoms with Crippen LogP contribution in [0.4, 0.5) is 5.69 Å². The number of hydrogen-bond acceptors (Lipinski definition) is 6. The molecule has 0 bridgehead atoms. The highest BCUT2D eigenvalue weighted by Gasteiger charge is 2.18. The van der Waals surface area contributed by atoms with E-state index in [1.807, 2.05) is 0 Å². The highest BCUT2D eigenvalue weighted by molar-refractivity contribution is 6.34. The Morgan fingerprint density at radius 2 is 1.52 bits per heavy atom.